The topological polar surface area (TPSA) is 90.0 Å². The fourth-order valence-electron chi connectivity index (χ4n) is 4.33. The Bertz CT molecular complexity index is 1180. The minimum absolute atomic E-state index is 0.0111. The van der Waals surface area contributed by atoms with Crippen molar-refractivity contribution in [3.05, 3.63) is 58.9 Å². The highest BCUT2D eigenvalue weighted by molar-refractivity contribution is 7.89. The van der Waals surface area contributed by atoms with Crippen LogP contribution in [0.1, 0.15) is 59.4 Å². The largest absolute Gasteiger partial charge is 0.422 e. The van der Waals surface area contributed by atoms with Crippen molar-refractivity contribution in [2.45, 2.75) is 50.2 Å². The summed E-state index contributed by atoms with van der Waals surface area (Å²) in [5, 5.41) is 0. The fourth-order valence-corrected chi connectivity index (χ4v) is 5.97. The predicted molar refractivity (Wildman–Crippen MR) is 114 cm³/mol. The predicted octanol–water partition coefficient (Wildman–Crippen LogP) is 3.53. The first kappa shape index (κ1) is 22.6. The lowest BCUT2D eigenvalue weighted by Crippen LogP contribution is -2.48. The molecule has 9 heteroatoms. The fraction of sp³-hybridized carbons (Fsp3) is 0.391. The molecule has 1 saturated heterocycles. The first-order valence-electron chi connectivity index (χ1n) is 10.4. The molecule has 0 radical (unpaired) electrons. The quantitative estimate of drug-likeness (QED) is 0.511. The van der Waals surface area contributed by atoms with Crippen LogP contribution in [0.4, 0.5) is 4.39 Å². The third kappa shape index (κ3) is 4.07. The van der Waals surface area contributed by atoms with E-state index in [9.17, 15) is 22.4 Å². The van der Waals surface area contributed by atoms with Crippen LogP contribution in [0.2, 0.25) is 0 Å². The molecule has 0 amide bonds. The molecule has 2 aromatic rings. The smallest absolute Gasteiger partial charge is 0.343 e. The number of benzene rings is 2. The van der Waals surface area contributed by atoms with Crippen LogP contribution >= 0.6 is 0 Å². The highest BCUT2D eigenvalue weighted by Crippen LogP contribution is 2.40. The molecule has 2 aromatic carbocycles. The number of Topliss-reactive ketones (excluding diaryl/α,β-unsaturated/α-hetero) is 1. The molecule has 0 saturated carbocycles. The molecule has 1 fully saturated rings. The first-order valence-corrected chi connectivity index (χ1v) is 11.9. The zero-order valence-corrected chi connectivity index (χ0v) is 18.8. The van der Waals surface area contributed by atoms with E-state index >= 15 is 0 Å². The van der Waals surface area contributed by atoms with Gasteiger partial charge in [0, 0.05) is 25.1 Å². The standard InChI is InChI=1S/C23H24FNO6S/c1-13-9-19(26)22-20(8-7-18(24)21(13)22)31-23(27)16-5-4-6-17(10-16)32(28,29)25-11-14(2)30-15(3)12-25/h4-8,10,13-15H,9,11-12H2,1-3H3. The lowest BCUT2D eigenvalue weighted by Gasteiger charge is -2.34. The Morgan fingerprint density at radius 3 is 2.50 bits per heavy atom. The summed E-state index contributed by atoms with van der Waals surface area (Å²) in [6.45, 7) is 5.76. The van der Waals surface area contributed by atoms with Gasteiger partial charge in [-0.3, -0.25) is 4.79 Å². The van der Waals surface area contributed by atoms with Crippen LogP contribution in [0.25, 0.3) is 0 Å². The van der Waals surface area contributed by atoms with Crippen molar-refractivity contribution in [3.63, 3.8) is 0 Å². The van der Waals surface area contributed by atoms with E-state index in [-0.39, 0.29) is 70.8 Å². The lowest BCUT2D eigenvalue weighted by atomic mass is 10.0. The number of halogens is 1. The van der Waals surface area contributed by atoms with Gasteiger partial charge in [-0.05, 0) is 50.1 Å². The summed E-state index contributed by atoms with van der Waals surface area (Å²) >= 11 is 0. The Kier molecular flexibility index (Phi) is 5.91. The zero-order valence-electron chi connectivity index (χ0n) is 18.0. The van der Waals surface area contributed by atoms with Crippen LogP contribution in [-0.4, -0.2) is 49.8 Å². The lowest BCUT2D eigenvalue weighted by molar-refractivity contribution is -0.0440. The van der Waals surface area contributed by atoms with E-state index in [1.807, 2.05) is 0 Å². The molecule has 0 N–H and O–H groups in total. The molecule has 1 aliphatic carbocycles. The van der Waals surface area contributed by atoms with E-state index in [1.54, 1.807) is 20.8 Å². The van der Waals surface area contributed by atoms with Crippen LogP contribution in [-0.2, 0) is 14.8 Å². The molecule has 2 aliphatic rings. The van der Waals surface area contributed by atoms with Gasteiger partial charge < -0.3 is 9.47 Å². The van der Waals surface area contributed by atoms with Crippen LogP contribution in [0.3, 0.4) is 0 Å². The molecule has 0 bridgehead atoms. The van der Waals surface area contributed by atoms with Gasteiger partial charge in [-0.2, -0.15) is 4.31 Å². The third-order valence-electron chi connectivity index (χ3n) is 5.71. The maximum Gasteiger partial charge on any atom is 0.343 e. The molecule has 3 atom stereocenters. The van der Waals surface area contributed by atoms with Gasteiger partial charge in [0.15, 0.2) is 5.78 Å². The Morgan fingerprint density at radius 1 is 1.12 bits per heavy atom. The van der Waals surface area contributed by atoms with Crippen molar-refractivity contribution in [2.75, 3.05) is 13.1 Å². The van der Waals surface area contributed by atoms with Crippen LogP contribution < -0.4 is 4.74 Å². The van der Waals surface area contributed by atoms with Crippen molar-refractivity contribution in [1.29, 1.82) is 0 Å². The summed E-state index contributed by atoms with van der Waals surface area (Å²) in [4.78, 5) is 25.1. The Hall–Kier alpha value is -2.62. The van der Waals surface area contributed by atoms with Gasteiger partial charge in [-0.25, -0.2) is 17.6 Å². The summed E-state index contributed by atoms with van der Waals surface area (Å²) in [6, 6.07) is 7.96. The number of ketones is 1. The van der Waals surface area contributed by atoms with Gasteiger partial charge in [0.1, 0.15) is 11.6 Å². The molecule has 170 valence electrons. The van der Waals surface area contributed by atoms with E-state index in [0.29, 0.717) is 0 Å². The van der Waals surface area contributed by atoms with E-state index < -0.39 is 21.8 Å². The molecule has 1 heterocycles. The second kappa shape index (κ2) is 8.38. The van der Waals surface area contributed by atoms with Crippen LogP contribution in [0.15, 0.2) is 41.3 Å². The Balaban J connectivity index is 1.61. The Morgan fingerprint density at radius 2 is 1.81 bits per heavy atom. The third-order valence-corrected chi connectivity index (χ3v) is 7.54. The SMILES string of the molecule is CC1CN(S(=O)(=O)c2cccc(C(=O)Oc3ccc(F)c4c3C(=O)CC4C)c2)CC(C)O1. The maximum absolute atomic E-state index is 14.2. The highest BCUT2D eigenvalue weighted by Gasteiger charge is 2.34. The van der Waals surface area contributed by atoms with Crippen molar-refractivity contribution >= 4 is 21.8 Å². The van der Waals surface area contributed by atoms with E-state index in [2.05, 4.69) is 0 Å². The number of carbonyl (C=O) groups excluding carboxylic acids is 2. The minimum atomic E-state index is -3.85. The summed E-state index contributed by atoms with van der Waals surface area (Å²) in [7, 11) is -3.85. The number of hydrogen-bond donors (Lipinski definition) is 0. The summed E-state index contributed by atoms with van der Waals surface area (Å²) in [6.07, 6.45) is -0.352. The second-order valence-electron chi connectivity index (χ2n) is 8.36. The van der Waals surface area contributed by atoms with Crippen molar-refractivity contribution < 1.29 is 31.9 Å². The van der Waals surface area contributed by atoms with E-state index in [0.717, 1.165) is 6.07 Å². The number of hydrogen-bond acceptors (Lipinski definition) is 6. The van der Waals surface area contributed by atoms with Crippen molar-refractivity contribution in [3.8, 4) is 5.75 Å². The van der Waals surface area contributed by atoms with Crippen molar-refractivity contribution in [2.24, 2.45) is 0 Å². The number of morpholine rings is 1. The van der Waals surface area contributed by atoms with Gasteiger partial charge in [0.05, 0.1) is 28.2 Å². The number of carbonyl (C=O) groups is 2. The number of rotatable bonds is 4. The molecule has 0 spiro atoms. The normalized spacial score (nSPS) is 23.8. The highest BCUT2D eigenvalue weighted by atomic mass is 32.2. The number of ether oxygens (including phenoxy) is 2. The van der Waals surface area contributed by atoms with Gasteiger partial charge >= 0.3 is 5.97 Å². The number of sulfonamides is 1. The molecular formula is C23H24FNO6S. The molecule has 4 rings (SSSR count). The molecule has 0 aromatic heterocycles. The maximum atomic E-state index is 14.2. The second-order valence-corrected chi connectivity index (χ2v) is 10.3. The van der Waals surface area contributed by atoms with Crippen molar-refractivity contribution in [1.82, 2.24) is 4.31 Å². The van der Waals surface area contributed by atoms with E-state index in [1.165, 1.54) is 34.6 Å². The molecule has 7 nitrogen and oxygen atoms in total. The average Bonchev–Trinajstić information content (AvgIpc) is 3.04. The van der Waals surface area contributed by atoms with Gasteiger partial charge in [0.25, 0.3) is 0 Å². The van der Waals surface area contributed by atoms with Gasteiger partial charge in [-0.1, -0.05) is 13.0 Å². The summed E-state index contributed by atoms with van der Waals surface area (Å²) in [5.41, 5.74) is 0.329. The average molecular weight is 462 g/mol. The van der Waals surface area contributed by atoms with Crippen LogP contribution in [0.5, 0.6) is 5.75 Å². The number of nitrogens with zero attached hydrogens (tertiary/aromatic N) is 1. The monoisotopic (exact) mass is 461 g/mol. The molecule has 1 aliphatic heterocycles. The summed E-state index contributed by atoms with van der Waals surface area (Å²) < 4.78 is 52.8. The Labute approximate surface area is 186 Å². The number of esters is 1. The zero-order chi connectivity index (χ0) is 23.2. The molecule has 32 heavy (non-hydrogen) atoms. The summed E-state index contributed by atoms with van der Waals surface area (Å²) in [5.74, 6) is -1.96. The minimum Gasteiger partial charge on any atom is -0.422 e. The number of fused-ring (bicyclic) bond motifs is 1. The van der Waals surface area contributed by atoms with E-state index in [4.69, 9.17) is 9.47 Å². The van der Waals surface area contributed by atoms with Gasteiger partial charge in [0.2, 0.25) is 10.0 Å². The van der Waals surface area contributed by atoms with Gasteiger partial charge in [-0.15, -0.1) is 0 Å². The molecule has 3 unspecified atom stereocenters. The van der Waals surface area contributed by atoms with Crippen LogP contribution in [0, 0.1) is 5.82 Å². The molecular weight excluding hydrogens is 437 g/mol. The first-order chi connectivity index (χ1) is 15.1.